The molecule has 3 aromatic rings. The first-order valence-corrected chi connectivity index (χ1v) is 32.8. The van der Waals surface area contributed by atoms with Crippen LogP contribution in [0, 0.1) is 11.5 Å². The third-order valence-electron chi connectivity index (χ3n) is 6.08. The summed E-state index contributed by atoms with van der Waals surface area (Å²) in [4.78, 5) is 0. The fourth-order valence-corrected chi connectivity index (χ4v) is 9.91. The maximum atomic E-state index is 5.06. The van der Waals surface area contributed by atoms with E-state index in [-0.39, 0.29) is 0 Å². The third kappa shape index (κ3) is 9.36. The molecule has 0 aliphatic heterocycles. The Kier molecular flexibility index (Phi) is 9.57. The van der Waals surface area contributed by atoms with Gasteiger partial charge in [-0.15, -0.1) is 0 Å². The van der Waals surface area contributed by atoms with Crippen LogP contribution >= 0.6 is 53.0 Å². The van der Waals surface area contributed by atoms with Gasteiger partial charge < -0.3 is 0 Å². The van der Waals surface area contributed by atoms with Crippen LogP contribution in [0.25, 0.3) is 22.3 Å². The first-order valence-electron chi connectivity index (χ1n) is 11.2. The van der Waals surface area contributed by atoms with Crippen molar-refractivity contribution in [3.8, 4) is 33.7 Å². The van der Waals surface area contributed by atoms with Crippen LogP contribution in [0.1, 0.15) is 47.1 Å². The second-order valence-corrected chi connectivity index (χ2v) is 71.9. The summed E-state index contributed by atoms with van der Waals surface area (Å²) in [6, 6.07) is 21.4. The fraction of sp³-hybridized carbons (Fsp3) is 0.346. The van der Waals surface area contributed by atoms with Crippen LogP contribution in [0.15, 0.2) is 60.7 Å². The first-order chi connectivity index (χ1) is 15.3. The molecule has 0 spiro atoms. The van der Waals surface area contributed by atoms with E-state index in [0.29, 0.717) is 16.6 Å². The van der Waals surface area contributed by atoms with E-state index in [2.05, 4.69) is 114 Å². The first kappa shape index (κ1) is 30.6. The van der Waals surface area contributed by atoms with E-state index >= 15 is 0 Å². The topological polar surface area (TPSA) is 0 Å². The van der Waals surface area contributed by atoms with Crippen molar-refractivity contribution >= 4 is 70.2 Å². The van der Waals surface area contributed by atoms with Crippen molar-refractivity contribution in [2.45, 2.75) is 58.2 Å². The second kappa shape index (κ2) is 10.6. The predicted molar refractivity (Wildman–Crippen MR) is 163 cm³/mol. The van der Waals surface area contributed by atoms with Crippen LogP contribution in [-0.2, 0) is 0 Å². The molecule has 0 nitrogen and oxygen atoms in total. The van der Waals surface area contributed by atoms with E-state index in [1.54, 1.807) is 0 Å². The van der Waals surface area contributed by atoms with Crippen molar-refractivity contribution in [2.24, 2.45) is 0 Å². The summed E-state index contributed by atoms with van der Waals surface area (Å²) in [5, 5.41) is 0. The molecule has 3 aromatic carbocycles. The Balaban J connectivity index is 0.000000509. The molecular weight excluding hydrogens is 675 g/mol. The molecule has 0 heterocycles. The van der Waals surface area contributed by atoms with Crippen molar-refractivity contribution in [3.63, 3.8) is 0 Å². The van der Waals surface area contributed by atoms with E-state index in [1.807, 2.05) is 0 Å². The van der Waals surface area contributed by atoms with Gasteiger partial charge in [0.25, 0.3) is 0 Å². The van der Waals surface area contributed by atoms with E-state index in [4.69, 9.17) is 53.0 Å². The number of halogens is 6. The monoisotopic (exact) mass is 702 g/mol. The van der Waals surface area contributed by atoms with Gasteiger partial charge in [-0.05, 0) is 53.0 Å². The summed E-state index contributed by atoms with van der Waals surface area (Å²) in [5.74, 6) is 3.69. The molecule has 0 aromatic heterocycles. The van der Waals surface area contributed by atoms with Crippen LogP contribution in [0.4, 0.5) is 0 Å². The van der Waals surface area contributed by atoms with Crippen LogP contribution < -0.4 is 0 Å². The van der Waals surface area contributed by atoms with Crippen molar-refractivity contribution in [3.05, 3.63) is 66.2 Å². The van der Waals surface area contributed by atoms with Crippen LogP contribution in [0.2, 0.25) is 16.6 Å². The summed E-state index contributed by atoms with van der Waals surface area (Å²) >= 11 is 0. The molecule has 186 valence electrons. The molecule has 0 saturated carbocycles. The Bertz CT molecular complexity index is 1030. The van der Waals surface area contributed by atoms with E-state index < -0.39 is 17.2 Å². The average Bonchev–Trinajstić information content (AvgIpc) is 3.41. The van der Waals surface area contributed by atoms with Crippen molar-refractivity contribution in [1.29, 1.82) is 0 Å². The van der Waals surface area contributed by atoms with Gasteiger partial charge in [0.15, 0.2) is 13.6 Å². The Morgan fingerprint density at radius 1 is 0.676 bits per heavy atom. The number of hydrogen-bond acceptors (Lipinski definition) is 0. The molecule has 0 bridgehead atoms. The number of rotatable bonds is 5. The Hall–Kier alpha value is 0.385. The van der Waals surface area contributed by atoms with Crippen LogP contribution in [0.5, 0.6) is 0 Å². The minimum absolute atomic E-state index is 0.657. The predicted octanol–water partition coefficient (Wildman–Crippen LogP) is 11.5. The van der Waals surface area contributed by atoms with E-state index in [9.17, 15) is 0 Å². The Morgan fingerprint density at radius 3 is 1.44 bits per heavy atom. The molecule has 0 saturated heterocycles. The Morgan fingerprint density at radius 2 is 1.06 bits per heavy atom. The minimum atomic E-state index is -5.42. The zero-order valence-corrected chi connectivity index (χ0v) is 28.3. The standard InChI is InChI=1S/C26H31Si.6ClH.Sb/c1-19(2)27(20(3)4,21(5)6)18-17-24-25(22-13-9-7-10-14-22)26(24)23-15-11-8-12-16-23;;;;;;;/h7-16,19-21H,1-6H3;6*1H;/q+1;;;;;;;+5/p-6. The molecule has 0 N–H and O–H groups in total. The summed E-state index contributed by atoms with van der Waals surface area (Å²) in [5.41, 5.74) is 12.4. The van der Waals surface area contributed by atoms with Gasteiger partial charge in [0.05, 0.1) is 11.1 Å². The molecule has 8 heteroatoms. The zero-order chi connectivity index (χ0) is 26.0. The fourth-order valence-electron chi connectivity index (χ4n) is 4.70. The normalized spacial score (nSPS) is 14.3. The molecule has 0 amide bonds. The molecule has 0 aliphatic carbocycles. The molecule has 0 atom stereocenters. The van der Waals surface area contributed by atoms with Gasteiger partial charge in [0.2, 0.25) is 0 Å². The quantitative estimate of drug-likeness (QED) is 0.141. The molecule has 34 heavy (non-hydrogen) atoms. The third-order valence-corrected chi connectivity index (χ3v) is 12.4. The number of benzene rings is 2. The van der Waals surface area contributed by atoms with Crippen LogP contribution in [0.3, 0.4) is 0 Å². The Labute approximate surface area is 226 Å². The van der Waals surface area contributed by atoms with Gasteiger partial charge in [-0.2, -0.15) is 0 Å². The van der Waals surface area contributed by atoms with Gasteiger partial charge in [-0.25, -0.2) is 0 Å². The van der Waals surface area contributed by atoms with Gasteiger partial charge >= 0.3 is 62.1 Å². The van der Waals surface area contributed by atoms with E-state index in [0.717, 1.165) is 0 Å². The van der Waals surface area contributed by atoms with E-state index in [1.165, 1.54) is 27.8 Å². The molecule has 0 aliphatic rings. The maximum absolute atomic E-state index is 5.42. The zero-order valence-electron chi connectivity index (χ0n) is 20.2. The van der Waals surface area contributed by atoms with Crippen molar-refractivity contribution in [2.75, 3.05) is 0 Å². The summed E-state index contributed by atoms with van der Waals surface area (Å²) in [6.07, 6.45) is 0. The molecule has 3 rings (SSSR count). The molecule has 0 fully saturated rings. The molecule has 0 radical (unpaired) electrons. The van der Waals surface area contributed by atoms with Gasteiger partial charge in [0.1, 0.15) is 11.1 Å². The average molecular weight is 706 g/mol. The van der Waals surface area contributed by atoms with Crippen molar-refractivity contribution < 1.29 is 0 Å². The van der Waals surface area contributed by atoms with Gasteiger partial charge in [0, 0.05) is 5.92 Å². The number of hydrogen-bond donors (Lipinski definition) is 0. The summed E-state index contributed by atoms with van der Waals surface area (Å²) < 4.78 is 0. The summed E-state index contributed by atoms with van der Waals surface area (Å²) in [6.45, 7) is 14.3. The SMILES string of the molecule is CC(C)[Si](C#Cc1c(-c2ccccc2)[c+]1-c1ccccc1)(C(C)C)C(C)C.[Cl][Sb-]([Cl])([Cl])([Cl])([Cl])[Cl]. The summed E-state index contributed by atoms with van der Waals surface area (Å²) in [7, 11) is 23.2. The van der Waals surface area contributed by atoms with Crippen LogP contribution in [-0.4, -0.2) is 17.2 Å². The van der Waals surface area contributed by atoms with Gasteiger partial charge in [-0.1, -0.05) is 71.4 Å². The molecular formula is C26H31Cl6SbSi. The molecule has 0 unspecified atom stereocenters. The second-order valence-electron chi connectivity index (χ2n) is 9.46. The van der Waals surface area contributed by atoms with Crippen molar-refractivity contribution in [1.82, 2.24) is 0 Å². The van der Waals surface area contributed by atoms with Gasteiger partial charge in [-0.3, -0.25) is 0 Å².